The molecule has 0 radical (unpaired) electrons. The van der Waals surface area contributed by atoms with Crippen molar-refractivity contribution in [1.82, 2.24) is 10.1 Å². The molecule has 0 unspecified atom stereocenters. The van der Waals surface area contributed by atoms with Gasteiger partial charge in [-0.05, 0) is 19.1 Å². The number of hydrogen-bond acceptors (Lipinski definition) is 8. The zero-order valence-corrected chi connectivity index (χ0v) is 14.4. The van der Waals surface area contributed by atoms with Gasteiger partial charge in [-0.25, -0.2) is 4.98 Å². The van der Waals surface area contributed by atoms with Crippen molar-refractivity contribution in [3.63, 3.8) is 0 Å². The summed E-state index contributed by atoms with van der Waals surface area (Å²) in [5.74, 6) is 2.03. The lowest BCUT2D eigenvalue weighted by atomic mass is 10.1. The minimum atomic E-state index is -0.264. The van der Waals surface area contributed by atoms with Gasteiger partial charge >= 0.3 is 0 Å². The van der Waals surface area contributed by atoms with Crippen molar-refractivity contribution >= 4 is 34.4 Å². The molecular weight excluding hydrogens is 356 g/mol. The fourth-order valence-corrected chi connectivity index (χ4v) is 3.24. The molecule has 1 N–H and O–H groups in total. The molecule has 8 nitrogen and oxygen atoms in total. The fourth-order valence-electron chi connectivity index (χ4n) is 2.47. The molecule has 130 valence electrons. The number of pyridine rings is 1. The van der Waals surface area contributed by atoms with E-state index in [1.54, 1.807) is 31.2 Å². The van der Waals surface area contributed by atoms with Crippen LogP contribution >= 0.6 is 11.8 Å². The molecule has 0 spiro atoms. The van der Waals surface area contributed by atoms with E-state index < -0.39 is 0 Å². The average Bonchev–Trinajstić information content (AvgIpc) is 3.25. The van der Waals surface area contributed by atoms with E-state index in [1.807, 2.05) is 0 Å². The fraction of sp³-hybridized carbons (Fsp3) is 0.176. The van der Waals surface area contributed by atoms with E-state index in [9.17, 15) is 10.1 Å². The van der Waals surface area contributed by atoms with E-state index in [0.29, 0.717) is 39.2 Å². The van der Waals surface area contributed by atoms with Crippen molar-refractivity contribution in [3.8, 4) is 17.6 Å². The Balaban J connectivity index is 1.54. The molecule has 1 aliphatic rings. The number of nitrogens with one attached hydrogen (secondary N) is 1. The Hall–Kier alpha value is -3.25. The minimum absolute atomic E-state index is 0.0870. The zero-order chi connectivity index (χ0) is 18.1. The number of nitriles is 1. The lowest BCUT2D eigenvalue weighted by molar-refractivity contribution is -0.113. The van der Waals surface area contributed by atoms with Crippen molar-refractivity contribution < 1.29 is 18.8 Å². The number of thioether (sulfide) groups is 1. The van der Waals surface area contributed by atoms with Gasteiger partial charge < -0.3 is 19.3 Å². The summed E-state index contributed by atoms with van der Waals surface area (Å²) in [6.45, 7) is 1.90. The molecule has 0 saturated heterocycles. The third-order valence-corrected chi connectivity index (χ3v) is 4.62. The predicted molar refractivity (Wildman–Crippen MR) is 93.2 cm³/mol. The quantitative estimate of drug-likeness (QED) is 0.700. The number of benzene rings is 1. The molecule has 26 heavy (non-hydrogen) atoms. The van der Waals surface area contributed by atoms with Gasteiger partial charge in [0, 0.05) is 17.5 Å². The molecule has 0 atom stereocenters. The first-order chi connectivity index (χ1) is 12.6. The maximum Gasteiger partial charge on any atom is 0.236 e. The highest BCUT2D eigenvalue weighted by Gasteiger charge is 2.17. The third-order valence-electron chi connectivity index (χ3n) is 3.63. The predicted octanol–water partition coefficient (Wildman–Crippen LogP) is 2.86. The van der Waals surface area contributed by atoms with Crippen LogP contribution in [-0.4, -0.2) is 28.6 Å². The lowest BCUT2D eigenvalue weighted by Gasteiger charge is -2.06. The molecule has 1 aromatic carbocycles. The van der Waals surface area contributed by atoms with Crippen LogP contribution in [0, 0.1) is 18.3 Å². The number of nitrogens with zero attached hydrogens (tertiary/aromatic N) is 3. The number of amides is 1. The standard InChI is InChI=1S/C17H12N4O4S/c1-9-2-15(21-25-9)20-16(22)7-26-17-11(6-18)3-10-4-13-14(24-8-23-13)5-12(10)19-17/h2-5H,7-8H2,1H3,(H,20,21,22). The molecule has 3 heterocycles. The lowest BCUT2D eigenvalue weighted by Crippen LogP contribution is -2.14. The largest absolute Gasteiger partial charge is 0.454 e. The summed E-state index contributed by atoms with van der Waals surface area (Å²) in [5.41, 5.74) is 1.06. The second kappa shape index (κ2) is 6.57. The first kappa shape index (κ1) is 16.2. The van der Waals surface area contributed by atoms with E-state index in [1.165, 1.54) is 11.8 Å². The van der Waals surface area contributed by atoms with Crippen molar-refractivity contribution in [3.05, 3.63) is 35.6 Å². The smallest absolute Gasteiger partial charge is 0.236 e. The van der Waals surface area contributed by atoms with Crippen LogP contribution in [-0.2, 0) is 4.79 Å². The highest BCUT2D eigenvalue weighted by atomic mass is 32.2. The van der Waals surface area contributed by atoms with E-state index >= 15 is 0 Å². The van der Waals surface area contributed by atoms with Crippen LogP contribution < -0.4 is 14.8 Å². The number of carbonyl (C=O) groups is 1. The molecule has 3 aromatic rings. The van der Waals surface area contributed by atoms with Crippen molar-refractivity contribution in [2.45, 2.75) is 11.9 Å². The van der Waals surface area contributed by atoms with Gasteiger partial charge in [0.05, 0.1) is 16.8 Å². The Morgan fingerprint density at radius 3 is 2.85 bits per heavy atom. The van der Waals surface area contributed by atoms with E-state index in [-0.39, 0.29) is 18.5 Å². The van der Waals surface area contributed by atoms with Gasteiger partial charge in [0.25, 0.3) is 0 Å². The molecule has 0 fully saturated rings. The molecule has 9 heteroatoms. The Kier molecular flexibility index (Phi) is 4.10. The summed E-state index contributed by atoms with van der Waals surface area (Å²) in [5, 5.41) is 17.0. The highest BCUT2D eigenvalue weighted by molar-refractivity contribution is 8.00. The number of aromatic nitrogens is 2. The Morgan fingerprint density at radius 1 is 1.31 bits per heavy atom. The number of ether oxygens (including phenoxy) is 2. The van der Waals surface area contributed by atoms with Crippen molar-refractivity contribution in [2.24, 2.45) is 0 Å². The summed E-state index contributed by atoms with van der Waals surface area (Å²) in [6.07, 6.45) is 0. The van der Waals surface area contributed by atoms with Crippen LogP contribution in [0.4, 0.5) is 5.82 Å². The van der Waals surface area contributed by atoms with Gasteiger partial charge in [-0.2, -0.15) is 5.26 Å². The van der Waals surface area contributed by atoms with Crippen molar-refractivity contribution in [2.75, 3.05) is 17.9 Å². The summed E-state index contributed by atoms with van der Waals surface area (Å²) in [6, 6.07) is 9.03. The van der Waals surface area contributed by atoms with Crippen LogP contribution in [0.25, 0.3) is 10.9 Å². The minimum Gasteiger partial charge on any atom is -0.454 e. The average molecular weight is 368 g/mol. The first-order valence-corrected chi connectivity index (χ1v) is 8.61. The molecule has 0 bridgehead atoms. The normalized spacial score (nSPS) is 12.2. The number of rotatable bonds is 4. The van der Waals surface area contributed by atoms with Gasteiger partial charge in [0.15, 0.2) is 17.3 Å². The number of fused-ring (bicyclic) bond motifs is 2. The molecule has 0 saturated carbocycles. The van der Waals surface area contributed by atoms with Crippen LogP contribution in [0.1, 0.15) is 11.3 Å². The number of aryl methyl sites for hydroxylation is 1. The first-order valence-electron chi connectivity index (χ1n) is 7.63. The summed E-state index contributed by atoms with van der Waals surface area (Å²) < 4.78 is 15.6. The van der Waals surface area contributed by atoms with Gasteiger partial charge in [-0.1, -0.05) is 16.9 Å². The highest BCUT2D eigenvalue weighted by Crippen LogP contribution is 2.36. The molecule has 4 rings (SSSR count). The number of hydrogen-bond donors (Lipinski definition) is 1. The second-order valence-corrected chi connectivity index (χ2v) is 6.47. The Morgan fingerprint density at radius 2 is 2.12 bits per heavy atom. The van der Waals surface area contributed by atoms with E-state index in [4.69, 9.17) is 14.0 Å². The molecule has 1 aliphatic heterocycles. The Bertz CT molecular complexity index is 1060. The summed E-state index contributed by atoms with van der Waals surface area (Å²) in [7, 11) is 0. The monoisotopic (exact) mass is 368 g/mol. The second-order valence-electron chi connectivity index (χ2n) is 5.51. The van der Waals surface area contributed by atoms with E-state index in [0.717, 1.165) is 5.39 Å². The van der Waals surface area contributed by atoms with Crippen LogP contribution in [0.2, 0.25) is 0 Å². The molecule has 2 aromatic heterocycles. The van der Waals surface area contributed by atoms with Crippen molar-refractivity contribution in [1.29, 1.82) is 5.26 Å². The topological polar surface area (TPSA) is 110 Å². The Labute approximate surface area is 152 Å². The molecular formula is C17H12N4O4S. The van der Waals surface area contributed by atoms with Crippen LogP contribution in [0.3, 0.4) is 0 Å². The molecule has 0 aliphatic carbocycles. The summed E-state index contributed by atoms with van der Waals surface area (Å²) in [4.78, 5) is 16.5. The van der Waals surface area contributed by atoms with E-state index in [2.05, 4.69) is 21.5 Å². The number of carbonyl (C=O) groups excluding carboxylic acids is 1. The maximum atomic E-state index is 12.1. The zero-order valence-electron chi connectivity index (χ0n) is 13.6. The SMILES string of the molecule is Cc1cc(NC(=O)CSc2nc3cc4c(cc3cc2C#N)OCO4)no1. The molecule has 1 amide bonds. The van der Waals surface area contributed by atoms with Gasteiger partial charge in [0.1, 0.15) is 16.9 Å². The van der Waals surface area contributed by atoms with Gasteiger partial charge in [-0.3, -0.25) is 4.79 Å². The third kappa shape index (κ3) is 3.14. The number of anilines is 1. The maximum absolute atomic E-state index is 12.1. The van der Waals surface area contributed by atoms with Crippen LogP contribution in [0.5, 0.6) is 11.5 Å². The van der Waals surface area contributed by atoms with Gasteiger partial charge in [-0.15, -0.1) is 0 Å². The summed E-state index contributed by atoms with van der Waals surface area (Å²) >= 11 is 1.18. The van der Waals surface area contributed by atoms with Gasteiger partial charge in [0.2, 0.25) is 12.7 Å². The van der Waals surface area contributed by atoms with Crippen LogP contribution in [0.15, 0.2) is 33.8 Å².